The lowest BCUT2D eigenvalue weighted by Crippen LogP contribution is -2.28. The van der Waals surface area contributed by atoms with Crippen molar-refractivity contribution >= 4 is 65.4 Å². The molecule has 0 spiro atoms. The Morgan fingerprint density at radius 3 is 0.695 bits per heavy atom. The van der Waals surface area contributed by atoms with Crippen LogP contribution >= 0.6 is 0 Å². The van der Waals surface area contributed by atoms with Gasteiger partial charge >= 0.3 is 0 Å². The molecule has 13 aromatic carbocycles. The van der Waals surface area contributed by atoms with Gasteiger partial charge in [-0.2, -0.15) is 0 Å². The normalized spacial score (nSPS) is 14.1. The van der Waals surface area contributed by atoms with Gasteiger partial charge in [0.2, 0.25) is 0 Å². The molecule has 0 atom stereocenters. The molecular weight excluding hydrogens is 1150 g/mol. The van der Waals surface area contributed by atoms with Crippen molar-refractivity contribution in [1.29, 1.82) is 0 Å². The van der Waals surface area contributed by atoms with Gasteiger partial charge in [-0.15, -0.1) is 0 Å². The summed E-state index contributed by atoms with van der Waals surface area (Å²) in [6.45, 7) is 20.7. The molecule has 16 aromatic rings. The van der Waals surface area contributed by atoms with Gasteiger partial charge in [0.1, 0.15) is 0 Å². The van der Waals surface area contributed by atoms with Crippen LogP contribution in [0.25, 0.3) is 105 Å². The number of nitrogens with zero attached hydrogens (tertiary/aromatic N) is 3. The molecule has 458 valence electrons. The molecule has 3 nitrogen and oxygen atoms in total. The van der Waals surface area contributed by atoms with Crippen molar-refractivity contribution in [2.45, 2.75) is 89.4 Å². The molecule has 0 aliphatic heterocycles. The fraction of sp³-hybridized carbons (Fsp3) is 0.152. The maximum absolute atomic E-state index is 2.59. The Kier molecular flexibility index (Phi) is 12.2. The summed E-state index contributed by atoms with van der Waals surface area (Å²) in [6, 6.07) is 112. The Hall–Kier alpha value is -10.7. The first kappa shape index (κ1) is 57.0. The minimum Gasteiger partial charge on any atom is -0.309 e. The Labute approximate surface area is 556 Å². The zero-order chi connectivity index (χ0) is 64.5. The van der Waals surface area contributed by atoms with Crippen LogP contribution in [-0.2, 0) is 27.1 Å². The van der Waals surface area contributed by atoms with Gasteiger partial charge in [-0.25, -0.2) is 0 Å². The minimum atomic E-state index is -0.693. The fourth-order valence-corrected chi connectivity index (χ4v) is 17.1. The van der Waals surface area contributed by atoms with E-state index in [-0.39, 0.29) is 16.2 Å². The third kappa shape index (κ3) is 8.18. The quantitative estimate of drug-likeness (QED) is 0.151. The third-order valence-electron chi connectivity index (χ3n) is 21.7. The van der Waals surface area contributed by atoms with Crippen LogP contribution in [0.4, 0.5) is 0 Å². The van der Waals surface area contributed by atoms with Crippen molar-refractivity contribution in [2.75, 3.05) is 0 Å². The van der Waals surface area contributed by atoms with Crippen LogP contribution in [0.15, 0.2) is 291 Å². The van der Waals surface area contributed by atoms with Crippen LogP contribution in [0.1, 0.15) is 124 Å². The molecule has 0 fully saturated rings. The largest absolute Gasteiger partial charge is 0.309 e. The number of aromatic nitrogens is 3. The highest BCUT2D eigenvalue weighted by molar-refractivity contribution is 6.13. The van der Waals surface area contributed by atoms with E-state index in [9.17, 15) is 0 Å². The lowest BCUT2D eigenvalue weighted by atomic mass is 9.67. The summed E-state index contributed by atoms with van der Waals surface area (Å²) in [5.74, 6) is 0. The second-order valence-electron chi connectivity index (χ2n) is 30.0. The summed E-state index contributed by atoms with van der Waals surface area (Å²) in [5, 5.41) is 7.37. The van der Waals surface area contributed by atoms with Crippen molar-refractivity contribution in [2.24, 2.45) is 0 Å². The molecule has 2 aliphatic carbocycles. The maximum atomic E-state index is 2.59. The smallest absolute Gasteiger partial charge is 0.0714 e. The summed E-state index contributed by atoms with van der Waals surface area (Å²) in [5.41, 5.74) is 28.4. The van der Waals surface area contributed by atoms with Crippen LogP contribution < -0.4 is 0 Å². The molecule has 3 heteroatoms. The Balaban J connectivity index is 0.913. The topological polar surface area (TPSA) is 14.8 Å². The van der Waals surface area contributed by atoms with Gasteiger partial charge in [-0.05, 0) is 197 Å². The first-order chi connectivity index (χ1) is 46.0. The maximum Gasteiger partial charge on any atom is 0.0714 e. The van der Waals surface area contributed by atoms with Crippen LogP contribution in [0.3, 0.4) is 0 Å². The lowest BCUT2D eigenvalue weighted by Gasteiger charge is -2.34. The SMILES string of the molecule is CC(C)(C)c1ccc(-n2c3ccccc3c3cc(C4(c5ccc6c(c5)c5cc(C7(c8ccc9c(c8)c8ccccc8n9-c8ccc(C(C)(C)C)cc8)c8ccccc8-c8ccccc87)ccc5n6-c5ccc(C(C)(C)C)cc5)c5ccccc5-c5ccccc54)ccc32)cc1. The zero-order valence-corrected chi connectivity index (χ0v) is 55.6. The molecule has 95 heavy (non-hydrogen) atoms. The highest BCUT2D eigenvalue weighted by Crippen LogP contribution is 2.60. The van der Waals surface area contributed by atoms with Crippen molar-refractivity contribution in [3.8, 4) is 39.3 Å². The van der Waals surface area contributed by atoms with Crippen molar-refractivity contribution in [3.05, 3.63) is 352 Å². The summed E-state index contributed by atoms with van der Waals surface area (Å²) >= 11 is 0. The first-order valence-corrected chi connectivity index (χ1v) is 33.9. The molecule has 0 bridgehead atoms. The van der Waals surface area contributed by atoms with Gasteiger partial charge in [0.15, 0.2) is 0 Å². The molecule has 3 aromatic heterocycles. The van der Waals surface area contributed by atoms with Crippen LogP contribution in [-0.4, -0.2) is 13.7 Å². The van der Waals surface area contributed by atoms with Crippen molar-refractivity contribution in [3.63, 3.8) is 0 Å². The monoisotopic (exact) mass is 1220 g/mol. The van der Waals surface area contributed by atoms with E-state index in [1.807, 2.05) is 0 Å². The molecule has 18 rings (SSSR count). The Morgan fingerprint density at radius 2 is 0.432 bits per heavy atom. The van der Waals surface area contributed by atoms with Gasteiger partial charge in [0, 0.05) is 49.4 Å². The van der Waals surface area contributed by atoms with Gasteiger partial charge in [-0.1, -0.05) is 256 Å². The molecule has 0 unspecified atom stereocenters. The standard InChI is InChI=1S/C92H75N3/c1-88(2,3)58-34-44-65(45-35-58)93-82-32-20-14-26-72(82)74-54-61(40-50-84(74)93)91(78-28-16-10-22-68(78)69-23-11-17-29-79(69)91)63-42-52-86-76(56-63)77-57-64(43-53-87(77)95(86)67-48-38-60(39-49-67)90(7,8)9)92(80-30-18-12-24-70(80)71-25-13-19-31-81(71)92)62-41-51-85-75(55-62)73-27-15-21-33-83(73)94(85)66-46-36-59(37-47-66)89(4,5)6/h10-57H,1-9H3. The molecule has 0 N–H and O–H groups in total. The van der Waals surface area contributed by atoms with E-state index in [1.165, 1.54) is 149 Å². The Bertz CT molecular complexity index is 5400. The summed E-state index contributed by atoms with van der Waals surface area (Å²) < 4.78 is 7.46. The van der Waals surface area contributed by atoms with E-state index in [0.717, 1.165) is 17.1 Å². The molecule has 2 aliphatic rings. The predicted octanol–water partition coefficient (Wildman–Crippen LogP) is 23.6. The number of hydrogen-bond acceptors (Lipinski definition) is 0. The highest BCUT2D eigenvalue weighted by Gasteiger charge is 2.48. The van der Waals surface area contributed by atoms with E-state index in [0.29, 0.717) is 0 Å². The molecule has 0 saturated carbocycles. The average molecular weight is 1220 g/mol. The molecule has 0 amide bonds. The number of rotatable bonds is 7. The number of benzene rings is 13. The second kappa shape index (κ2) is 20.4. The third-order valence-corrected chi connectivity index (χ3v) is 21.7. The number of hydrogen-bond donors (Lipinski definition) is 0. The van der Waals surface area contributed by atoms with Crippen LogP contribution in [0.5, 0.6) is 0 Å². The second-order valence-corrected chi connectivity index (χ2v) is 30.0. The lowest BCUT2D eigenvalue weighted by molar-refractivity contribution is 0.590. The average Bonchev–Trinajstić information content (AvgIpc) is 1.55. The fourth-order valence-electron chi connectivity index (χ4n) is 17.1. The van der Waals surface area contributed by atoms with Gasteiger partial charge in [0.05, 0.1) is 43.9 Å². The number of fused-ring (bicyclic) bond motifs is 15. The zero-order valence-electron chi connectivity index (χ0n) is 55.6. The van der Waals surface area contributed by atoms with Crippen LogP contribution in [0, 0.1) is 0 Å². The van der Waals surface area contributed by atoms with E-state index in [2.05, 4.69) is 367 Å². The van der Waals surface area contributed by atoms with E-state index < -0.39 is 10.8 Å². The molecule has 3 heterocycles. The van der Waals surface area contributed by atoms with E-state index >= 15 is 0 Å². The minimum absolute atomic E-state index is 0.00122. The molecular formula is C92H75N3. The van der Waals surface area contributed by atoms with Crippen molar-refractivity contribution < 1.29 is 0 Å². The first-order valence-electron chi connectivity index (χ1n) is 33.9. The predicted molar refractivity (Wildman–Crippen MR) is 400 cm³/mol. The van der Waals surface area contributed by atoms with Crippen LogP contribution in [0.2, 0.25) is 0 Å². The van der Waals surface area contributed by atoms with E-state index in [1.54, 1.807) is 0 Å². The van der Waals surface area contributed by atoms with E-state index in [4.69, 9.17) is 0 Å². The molecule has 0 radical (unpaired) electrons. The summed E-state index contributed by atoms with van der Waals surface area (Å²) in [7, 11) is 0. The van der Waals surface area contributed by atoms with Gasteiger partial charge < -0.3 is 13.7 Å². The summed E-state index contributed by atoms with van der Waals surface area (Å²) in [6.07, 6.45) is 0. The van der Waals surface area contributed by atoms with Gasteiger partial charge in [-0.3, -0.25) is 0 Å². The highest BCUT2D eigenvalue weighted by atomic mass is 15.0. The Morgan fingerprint density at radius 1 is 0.211 bits per heavy atom. The van der Waals surface area contributed by atoms with Crippen molar-refractivity contribution in [1.82, 2.24) is 13.7 Å². The number of para-hydroxylation sites is 2. The van der Waals surface area contributed by atoms with Gasteiger partial charge in [0.25, 0.3) is 0 Å². The molecule has 0 saturated heterocycles. The summed E-state index contributed by atoms with van der Waals surface area (Å²) in [4.78, 5) is 0.